The molecular formula is C10H11BrN4O4S2. The highest BCUT2D eigenvalue weighted by Crippen LogP contribution is 2.33. The van der Waals surface area contributed by atoms with Gasteiger partial charge >= 0.3 is 5.97 Å². The molecule has 0 fully saturated rings. The molecule has 0 aliphatic heterocycles. The van der Waals surface area contributed by atoms with Crippen molar-refractivity contribution in [3.63, 3.8) is 0 Å². The Bertz CT molecular complexity index is 741. The number of hydrogen-bond donors (Lipinski definition) is 1. The molecule has 0 unspecified atom stereocenters. The van der Waals surface area contributed by atoms with Crippen molar-refractivity contribution in [3.05, 3.63) is 26.9 Å². The minimum Gasteiger partial charge on any atom is -0.465 e. The van der Waals surface area contributed by atoms with Crippen LogP contribution in [0.5, 0.6) is 0 Å². The van der Waals surface area contributed by atoms with E-state index in [1.165, 1.54) is 26.6 Å². The van der Waals surface area contributed by atoms with Crippen LogP contribution in [-0.2, 0) is 21.3 Å². The van der Waals surface area contributed by atoms with Gasteiger partial charge in [-0.2, -0.15) is 9.40 Å². The molecular weight excluding hydrogens is 384 g/mol. The Labute approximate surface area is 133 Å². The number of hydrogen-bond acceptors (Lipinski definition) is 7. The maximum Gasteiger partial charge on any atom is 0.348 e. The lowest BCUT2D eigenvalue weighted by Gasteiger charge is -2.14. The molecule has 2 heterocycles. The molecule has 21 heavy (non-hydrogen) atoms. The zero-order chi connectivity index (χ0) is 15.6. The number of esters is 1. The molecule has 0 aliphatic carbocycles. The predicted molar refractivity (Wildman–Crippen MR) is 78.4 cm³/mol. The van der Waals surface area contributed by atoms with Gasteiger partial charge in [0.25, 0.3) is 0 Å². The monoisotopic (exact) mass is 394 g/mol. The lowest BCUT2D eigenvalue weighted by atomic mass is 10.5. The summed E-state index contributed by atoms with van der Waals surface area (Å²) in [4.78, 5) is 15.6. The van der Waals surface area contributed by atoms with Crippen LogP contribution >= 0.6 is 27.3 Å². The number of ether oxygens (including phenoxy) is 1. The van der Waals surface area contributed by atoms with Gasteiger partial charge in [-0.25, -0.2) is 18.2 Å². The Morgan fingerprint density at radius 2 is 2.29 bits per heavy atom. The second-order valence-corrected chi connectivity index (χ2v) is 8.32. The van der Waals surface area contributed by atoms with Crippen molar-refractivity contribution in [1.82, 2.24) is 19.5 Å². The molecule has 2 rings (SSSR count). The van der Waals surface area contributed by atoms with Crippen LogP contribution in [0.2, 0.25) is 0 Å². The maximum absolute atomic E-state index is 12.5. The van der Waals surface area contributed by atoms with E-state index in [0.29, 0.717) is 9.61 Å². The summed E-state index contributed by atoms with van der Waals surface area (Å²) in [5, 5.41) is 6.25. The van der Waals surface area contributed by atoms with Crippen LogP contribution < -0.4 is 0 Å². The number of aromatic amines is 1. The first kappa shape index (κ1) is 16.1. The highest BCUT2D eigenvalue weighted by atomic mass is 79.9. The second-order valence-electron chi connectivity index (χ2n) is 3.93. The highest BCUT2D eigenvalue weighted by molar-refractivity contribution is 9.11. The Balaban J connectivity index is 2.30. The van der Waals surface area contributed by atoms with Crippen LogP contribution in [0.15, 0.2) is 21.1 Å². The highest BCUT2D eigenvalue weighted by Gasteiger charge is 2.28. The first-order valence-electron chi connectivity index (χ1n) is 5.54. The molecule has 1 N–H and O–H groups in total. The number of nitrogens with zero attached hydrogens (tertiary/aromatic N) is 3. The number of carbonyl (C=O) groups excluding carboxylic acids is 1. The van der Waals surface area contributed by atoms with E-state index in [2.05, 4.69) is 35.8 Å². The average Bonchev–Trinajstić information content (AvgIpc) is 3.07. The number of halogens is 1. The van der Waals surface area contributed by atoms with Crippen LogP contribution in [0.4, 0.5) is 0 Å². The van der Waals surface area contributed by atoms with Crippen LogP contribution in [0, 0.1) is 0 Å². The van der Waals surface area contributed by atoms with E-state index in [9.17, 15) is 13.2 Å². The summed E-state index contributed by atoms with van der Waals surface area (Å²) in [6.07, 6.45) is 1.30. The molecule has 0 saturated heterocycles. The fourth-order valence-corrected chi connectivity index (χ4v) is 5.06. The van der Waals surface area contributed by atoms with Gasteiger partial charge in [0.15, 0.2) is 0 Å². The number of methoxy groups -OCH3 is 1. The van der Waals surface area contributed by atoms with Crippen LogP contribution in [-0.4, -0.2) is 48.0 Å². The minimum atomic E-state index is -3.77. The lowest BCUT2D eigenvalue weighted by molar-refractivity contribution is 0.0606. The van der Waals surface area contributed by atoms with Gasteiger partial charge in [-0.3, -0.25) is 5.10 Å². The third-order valence-electron chi connectivity index (χ3n) is 2.57. The summed E-state index contributed by atoms with van der Waals surface area (Å²) in [5.41, 5.74) is 0. The van der Waals surface area contributed by atoms with Crippen molar-refractivity contribution in [2.24, 2.45) is 0 Å². The molecule has 0 bridgehead atoms. The first-order chi connectivity index (χ1) is 9.86. The van der Waals surface area contributed by atoms with E-state index in [1.54, 1.807) is 0 Å². The van der Waals surface area contributed by atoms with Crippen molar-refractivity contribution >= 4 is 43.3 Å². The average molecular weight is 395 g/mol. The number of rotatable bonds is 5. The molecule has 0 spiro atoms. The molecule has 114 valence electrons. The van der Waals surface area contributed by atoms with Gasteiger partial charge in [0.2, 0.25) is 10.0 Å². The number of H-pyrrole nitrogens is 1. The Hall–Kier alpha value is -1.30. The van der Waals surface area contributed by atoms with Crippen molar-refractivity contribution in [3.8, 4) is 0 Å². The molecule has 2 aromatic rings. The summed E-state index contributed by atoms with van der Waals surface area (Å²) in [6, 6.07) is 1.28. The molecule has 2 aromatic heterocycles. The number of aromatic nitrogens is 3. The van der Waals surface area contributed by atoms with E-state index >= 15 is 0 Å². The third-order valence-corrected chi connectivity index (χ3v) is 6.60. The Kier molecular flexibility index (Phi) is 4.76. The van der Waals surface area contributed by atoms with E-state index in [1.807, 2.05) is 0 Å². The van der Waals surface area contributed by atoms with Crippen molar-refractivity contribution in [1.29, 1.82) is 0 Å². The normalized spacial score (nSPS) is 11.8. The largest absolute Gasteiger partial charge is 0.465 e. The number of thiophene rings is 1. The van der Waals surface area contributed by atoms with Crippen LogP contribution in [0.3, 0.4) is 0 Å². The fourth-order valence-electron chi connectivity index (χ4n) is 1.50. The third kappa shape index (κ3) is 3.31. The van der Waals surface area contributed by atoms with E-state index < -0.39 is 16.0 Å². The van der Waals surface area contributed by atoms with Gasteiger partial charge in [0.1, 0.15) is 21.9 Å². The van der Waals surface area contributed by atoms with Crippen LogP contribution in [0.1, 0.15) is 15.5 Å². The van der Waals surface area contributed by atoms with Gasteiger partial charge in [0.05, 0.1) is 17.4 Å². The first-order valence-corrected chi connectivity index (χ1v) is 8.59. The smallest absolute Gasteiger partial charge is 0.348 e. The van der Waals surface area contributed by atoms with Gasteiger partial charge in [-0.15, -0.1) is 11.3 Å². The van der Waals surface area contributed by atoms with E-state index in [0.717, 1.165) is 15.6 Å². The molecule has 0 saturated carbocycles. The molecule has 0 radical (unpaired) electrons. The van der Waals surface area contributed by atoms with Crippen molar-refractivity contribution in [2.75, 3.05) is 14.2 Å². The summed E-state index contributed by atoms with van der Waals surface area (Å²) in [6.45, 7) is 0.0399. The fraction of sp³-hybridized carbons (Fsp3) is 0.300. The van der Waals surface area contributed by atoms with Gasteiger partial charge in [0, 0.05) is 7.05 Å². The van der Waals surface area contributed by atoms with Crippen LogP contribution in [0.25, 0.3) is 0 Å². The van der Waals surface area contributed by atoms with Gasteiger partial charge < -0.3 is 4.74 Å². The molecule has 8 nitrogen and oxygen atoms in total. The number of sulfonamides is 1. The molecule has 11 heteroatoms. The number of carbonyl (C=O) groups is 1. The zero-order valence-corrected chi connectivity index (χ0v) is 14.2. The standard InChI is InChI=1S/C10H11BrN4O4S2/c1-15(4-8-12-5-13-14-8)21(17,18)7-3-6(10(16)19-2)20-9(7)11/h3,5H,4H2,1-2H3,(H,12,13,14). The molecule has 0 aromatic carbocycles. The molecule has 0 amide bonds. The quantitative estimate of drug-likeness (QED) is 0.764. The summed E-state index contributed by atoms with van der Waals surface area (Å²) in [7, 11) is -1.11. The Morgan fingerprint density at radius 1 is 1.57 bits per heavy atom. The van der Waals surface area contributed by atoms with E-state index in [4.69, 9.17) is 0 Å². The topological polar surface area (TPSA) is 105 Å². The van der Waals surface area contributed by atoms with Crippen molar-refractivity contribution in [2.45, 2.75) is 11.4 Å². The predicted octanol–water partition coefficient (Wildman–Crippen LogP) is 1.24. The van der Waals surface area contributed by atoms with Crippen molar-refractivity contribution < 1.29 is 17.9 Å². The Morgan fingerprint density at radius 3 is 2.86 bits per heavy atom. The summed E-state index contributed by atoms with van der Waals surface area (Å²) >= 11 is 4.17. The SMILES string of the molecule is COC(=O)c1cc(S(=O)(=O)N(C)Cc2ncn[nH]2)c(Br)s1. The zero-order valence-electron chi connectivity index (χ0n) is 11.0. The minimum absolute atomic E-state index is 0.00918. The van der Waals surface area contributed by atoms with Gasteiger partial charge in [-0.1, -0.05) is 0 Å². The van der Waals surface area contributed by atoms with E-state index in [-0.39, 0.29) is 16.3 Å². The molecule has 0 aliphatic rings. The molecule has 0 atom stereocenters. The number of nitrogens with one attached hydrogen (secondary N) is 1. The summed E-state index contributed by atoms with van der Waals surface area (Å²) < 4.78 is 31.0. The maximum atomic E-state index is 12.5. The van der Waals surface area contributed by atoms with Gasteiger partial charge in [-0.05, 0) is 22.0 Å². The summed E-state index contributed by atoms with van der Waals surface area (Å²) in [5.74, 6) is -0.166. The lowest BCUT2D eigenvalue weighted by Crippen LogP contribution is -2.27. The second kappa shape index (κ2) is 6.22.